The van der Waals surface area contributed by atoms with Crippen LogP contribution in [0.4, 0.5) is 10.1 Å². The Kier molecular flexibility index (Phi) is 3.31. The van der Waals surface area contributed by atoms with Crippen molar-refractivity contribution in [1.29, 1.82) is 5.26 Å². The highest BCUT2D eigenvalue weighted by Crippen LogP contribution is 2.29. The van der Waals surface area contributed by atoms with E-state index in [1.165, 1.54) is 12.1 Å². The summed E-state index contributed by atoms with van der Waals surface area (Å²) < 4.78 is 13.1. The molecule has 0 radical (unpaired) electrons. The average molecular weight is 239 g/mol. The van der Waals surface area contributed by atoms with E-state index in [0.29, 0.717) is 10.7 Å². The third-order valence-electron chi connectivity index (χ3n) is 2.90. The van der Waals surface area contributed by atoms with E-state index < -0.39 is 0 Å². The van der Waals surface area contributed by atoms with Crippen LogP contribution in [0.3, 0.4) is 0 Å². The van der Waals surface area contributed by atoms with Crippen molar-refractivity contribution in [2.75, 3.05) is 5.32 Å². The fraction of sp³-hybridized carbons (Fsp3) is 0.417. The Bertz CT molecular complexity index is 407. The van der Waals surface area contributed by atoms with Crippen molar-refractivity contribution in [2.24, 2.45) is 5.92 Å². The molecule has 2 nitrogen and oxygen atoms in total. The second-order valence-corrected chi connectivity index (χ2v) is 4.51. The number of nitriles is 1. The van der Waals surface area contributed by atoms with Crippen LogP contribution in [0.15, 0.2) is 18.2 Å². The first kappa shape index (κ1) is 11.2. The van der Waals surface area contributed by atoms with Gasteiger partial charge in [0.2, 0.25) is 0 Å². The van der Waals surface area contributed by atoms with Gasteiger partial charge in [-0.1, -0.05) is 11.6 Å². The summed E-state index contributed by atoms with van der Waals surface area (Å²) in [6.07, 6.45) is 2.91. The van der Waals surface area contributed by atoms with Gasteiger partial charge in [0.25, 0.3) is 0 Å². The zero-order chi connectivity index (χ0) is 11.5. The molecule has 1 fully saturated rings. The maximum Gasteiger partial charge on any atom is 0.126 e. The second kappa shape index (κ2) is 4.71. The van der Waals surface area contributed by atoms with Gasteiger partial charge in [0.05, 0.1) is 12.0 Å². The third-order valence-corrected chi connectivity index (χ3v) is 3.11. The largest absolute Gasteiger partial charge is 0.381 e. The fourth-order valence-corrected chi connectivity index (χ4v) is 2.36. The van der Waals surface area contributed by atoms with Crippen LogP contribution >= 0.6 is 11.6 Å². The van der Waals surface area contributed by atoms with E-state index in [-0.39, 0.29) is 17.8 Å². The molecule has 1 saturated carbocycles. The minimum atomic E-state index is -0.360. The Morgan fingerprint density at radius 2 is 2.19 bits per heavy atom. The van der Waals surface area contributed by atoms with Gasteiger partial charge in [0.1, 0.15) is 5.82 Å². The maximum absolute atomic E-state index is 13.1. The van der Waals surface area contributed by atoms with Crippen LogP contribution < -0.4 is 5.32 Å². The van der Waals surface area contributed by atoms with E-state index in [0.717, 1.165) is 19.3 Å². The quantitative estimate of drug-likeness (QED) is 0.855. The number of hydrogen-bond acceptors (Lipinski definition) is 2. The number of nitrogens with one attached hydrogen (secondary N) is 1. The highest BCUT2D eigenvalue weighted by atomic mass is 35.5. The summed E-state index contributed by atoms with van der Waals surface area (Å²) in [5.41, 5.74) is 0.650. The van der Waals surface area contributed by atoms with Crippen LogP contribution in [0.2, 0.25) is 5.02 Å². The average Bonchev–Trinajstić information content (AvgIpc) is 2.63. The van der Waals surface area contributed by atoms with Crippen LogP contribution in [0, 0.1) is 23.1 Å². The molecule has 2 rings (SSSR count). The molecule has 1 aliphatic rings. The van der Waals surface area contributed by atoms with Gasteiger partial charge in [-0.15, -0.1) is 0 Å². The molecule has 0 aliphatic heterocycles. The van der Waals surface area contributed by atoms with Gasteiger partial charge < -0.3 is 5.32 Å². The molecule has 0 aromatic heterocycles. The highest BCUT2D eigenvalue weighted by Gasteiger charge is 2.26. The van der Waals surface area contributed by atoms with Gasteiger partial charge in [0.15, 0.2) is 0 Å². The predicted molar refractivity (Wildman–Crippen MR) is 61.8 cm³/mol. The van der Waals surface area contributed by atoms with Gasteiger partial charge in [0, 0.05) is 16.8 Å². The second-order valence-electron chi connectivity index (χ2n) is 4.08. The molecule has 1 aromatic carbocycles. The Hall–Kier alpha value is -1.27. The van der Waals surface area contributed by atoms with Crippen molar-refractivity contribution < 1.29 is 4.39 Å². The van der Waals surface area contributed by atoms with Gasteiger partial charge in [-0.2, -0.15) is 5.26 Å². The number of benzene rings is 1. The van der Waals surface area contributed by atoms with Crippen molar-refractivity contribution in [1.82, 2.24) is 0 Å². The predicted octanol–water partition coefficient (Wildman–Crippen LogP) is 3.58. The van der Waals surface area contributed by atoms with E-state index in [9.17, 15) is 4.39 Å². The molecule has 16 heavy (non-hydrogen) atoms. The van der Waals surface area contributed by atoms with Crippen LogP contribution in [0.25, 0.3) is 0 Å². The van der Waals surface area contributed by atoms with Crippen molar-refractivity contribution in [3.8, 4) is 6.07 Å². The fourth-order valence-electron chi connectivity index (χ4n) is 2.14. The minimum Gasteiger partial charge on any atom is -0.381 e. The van der Waals surface area contributed by atoms with E-state index in [2.05, 4.69) is 11.4 Å². The summed E-state index contributed by atoms with van der Waals surface area (Å²) in [5, 5.41) is 12.5. The lowest BCUT2D eigenvalue weighted by Gasteiger charge is -2.17. The molecule has 0 saturated heterocycles. The Morgan fingerprint density at radius 1 is 1.38 bits per heavy atom. The molecule has 1 aromatic rings. The molecule has 0 bridgehead atoms. The number of nitrogens with zero attached hydrogens (tertiary/aromatic N) is 1. The van der Waals surface area contributed by atoms with Crippen LogP contribution in [0.5, 0.6) is 0 Å². The zero-order valence-corrected chi connectivity index (χ0v) is 9.47. The Labute approximate surface area is 99.0 Å². The lowest BCUT2D eigenvalue weighted by molar-refractivity contribution is 0.619. The number of anilines is 1. The lowest BCUT2D eigenvalue weighted by Crippen LogP contribution is -2.22. The maximum atomic E-state index is 13.1. The first-order valence-electron chi connectivity index (χ1n) is 5.31. The summed E-state index contributed by atoms with van der Waals surface area (Å²) in [6, 6.07) is 6.73. The normalized spacial score (nSPS) is 24.1. The summed E-state index contributed by atoms with van der Waals surface area (Å²) in [4.78, 5) is 0. The van der Waals surface area contributed by atoms with Crippen molar-refractivity contribution in [3.63, 3.8) is 0 Å². The third kappa shape index (κ3) is 2.45. The molecule has 4 heteroatoms. The SMILES string of the molecule is N#CC1CCCC1Nc1cc(F)cc(Cl)c1. The summed E-state index contributed by atoms with van der Waals surface area (Å²) in [5.74, 6) is -0.344. The first-order valence-corrected chi connectivity index (χ1v) is 5.69. The van der Waals surface area contributed by atoms with Gasteiger partial charge in [-0.25, -0.2) is 4.39 Å². The molecule has 2 unspecified atom stereocenters. The van der Waals surface area contributed by atoms with Crippen LogP contribution in [-0.2, 0) is 0 Å². The smallest absolute Gasteiger partial charge is 0.126 e. The molecular formula is C12H12ClFN2. The molecule has 84 valence electrons. The Balaban J connectivity index is 2.12. The first-order chi connectivity index (χ1) is 7.69. The van der Waals surface area contributed by atoms with Crippen molar-refractivity contribution >= 4 is 17.3 Å². The van der Waals surface area contributed by atoms with E-state index in [1.54, 1.807) is 6.07 Å². The summed E-state index contributed by atoms with van der Waals surface area (Å²) >= 11 is 5.76. The molecule has 1 N–H and O–H groups in total. The Morgan fingerprint density at radius 3 is 2.88 bits per heavy atom. The standard InChI is InChI=1S/C12H12ClFN2/c13-9-4-10(14)6-11(5-9)16-12-3-1-2-8(12)7-15/h4-6,8,12,16H,1-3H2. The summed E-state index contributed by atoms with van der Waals surface area (Å²) in [6.45, 7) is 0. The van der Waals surface area contributed by atoms with E-state index >= 15 is 0 Å². The number of halogens is 2. The monoisotopic (exact) mass is 238 g/mol. The summed E-state index contributed by atoms with van der Waals surface area (Å²) in [7, 11) is 0. The highest BCUT2D eigenvalue weighted by molar-refractivity contribution is 6.30. The number of hydrogen-bond donors (Lipinski definition) is 1. The van der Waals surface area contributed by atoms with Gasteiger partial charge in [-0.3, -0.25) is 0 Å². The van der Waals surface area contributed by atoms with E-state index in [4.69, 9.17) is 16.9 Å². The topological polar surface area (TPSA) is 35.8 Å². The van der Waals surface area contributed by atoms with Crippen LogP contribution in [0.1, 0.15) is 19.3 Å². The molecular weight excluding hydrogens is 227 g/mol. The molecule has 0 amide bonds. The van der Waals surface area contributed by atoms with E-state index in [1.807, 2.05) is 0 Å². The molecule has 0 spiro atoms. The van der Waals surface area contributed by atoms with Crippen molar-refractivity contribution in [2.45, 2.75) is 25.3 Å². The minimum absolute atomic E-state index is 0.0158. The van der Waals surface area contributed by atoms with Crippen LogP contribution in [-0.4, -0.2) is 6.04 Å². The van der Waals surface area contributed by atoms with Gasteiger partial charge >= 0.3 is 0 Å². The van der Waals surface area contributed by atoms with Gasteiger partial charge in [-0.05, 0) is 37.5 Å². The number of rotatable bonds is 2. The zero-order valence-electron chi connectivity index (χ0n) is 8.71. The van der Waals surface area contributed by atoms with Crippen molar-refractivity contribution in [3.05, 3.63) is 29.0 Å². The lowest BCUT2D eigenvalue weighted by atomic mass is 10.1. The molecule has 1 aliphatic carbocycles. The molecule has 0 heterocycles. The molecule has 2 atom stereocenters.